The van der Waals surface area contributed by atoms with Crippen molar-refractivity contribution in [1.82, 2.24) is 4.90 Å². The number of hydrogen-bond donors (Lipinski definition) is 0. The molecule has 0 amide bonds. The molecule has 4 heteroatoms. The van der Waals surface area contributed by atoms with E-state index in [0.29, 0.717) is 5.92 Å². The van der Waals surface area contributed by atoms with E-state index in [-0.39, 0.29) is 0 Å². The highest BCUT2D eigenvalue weighted by molar-refractivity contribution is 5.26. The predicted octanol–water partition coefficient (Wildman–Crippen LogP) is 5.93. The van der Waals surface area contributed by atoms with Gasteiger partial charge in [0.05, 0.1) is 5.56 Å². The summed E-state index contributed by atoms with van der Waals surface area (Å²) in [5.74, 6) is 0.518. The summed E-state index contributed by atoms with van der Waals surface area (Å²) < 4.78 is 38.4. The Morgan fingerprint density at radius 3 is 2.42 bits per heavy atom. The average molecular weight is 341 g/mol. The van der Waals surface area contributed by atoms with Crippen molar-refractivity contribution in [3.05, 3.63) is 35.4 Å². The number of piperidine rings is 1. The second-order valence-corrected chi connectivity index (χ2v) is 7.10. The normalized spacial score (nSPS) is 17.3. The van der Waals surface area contributed by atoms with Gasteiger partial charge in [0, 0.05) is 0 Å². The number of benzene rings is 1. The summed E-state index contributed by atoms with van der Waals surface area (Å²) in [5, 5.41) is 0. The molecule has 1 saturated heterocycles. The Balaban J connectivity index is 1.71. The van der Waals surface area contributed by atoms with Crippen LogP contribution < -0.4 is 0 Å². The van der Waals surface area contributed by atoms with Crippen molar-refractivity contribution in [3.8, 4) is 0 Å². The van der Waals surface area contributed by atoms with Gasteiger partial charge in [-0.2, -0.15) is 13.2 Å². The van der Waals surface area contributed by atoms with Gasteiger partial charge in [-0.25, -0.2) is 0 Å². The number of alkyl halides is 3. The molecule has 0 radical (unpaired) electrons. The van der Waals surface area contributed by atoms with Crippen LogP contribution in [0.3, 0.4) is 0 Å². The molecule has 0 aliphatic carbocycles. The molecular formula is C20H30F3N. The summed E-state index contributed by atoms with van der Waals surface area (Å²) in [6.07, 6.45) is 5.28. The van der Waals surface area contributed by atoms with Crippen LogP contribution in [0.4, 0.5) is 13.2 Å². The van der Waals surface area contributed by atoms with Crippen molar-refractivity contribution in [2.24, 2.45) is 5.92 Å². The molecule has 1 fully saturated rings. The fourth-order valence-corrected chi connectivity index (χ4v) is 3.56. The van der Waals surface area contributed by atoms with Crippen LogP contribution in [0.15, 0.2) is 24.3 Å². The van der Waals surface area contributed by atoms with Crippen LogP contribution in [-0.4, -0.2) is 24.5 Å². The van der Waals surface area contributed by atoms with Crippen molar-refractivity contribution in [2.45, 2.75) is 64.5 Å². The molecule has 1 aromatic rings. The van der Waals surface area contributed by atoms with E-state index in [9.17, 15) is 13.2 Å². The van der Waals surface area contributed by atoms with Gasteiger partial charge in [-0.15, -0.1) is 0 Å². The zero-order valence-corrected chi connectivity index (χ0v) is 14.7. The third-order valence-corrected chi connectivity index (χ3v) is 5.06. The summed E-state index contributed by atoms with van der Waals surface area (Å²) in [6.45, 7) is 5.60. The van der Waals surface area contributed by atoms with E-state index in [1.165, 1.54) is 50.8 Å². The minimum Gasteiger partial charge on any atom is -0.303 e. The van der Waals surface area contributed by atoms with Crippen molar-refractivity contribution in [2.75, 3.05) is 19.6 Å². The fraction of sp³-hybridized carbons (Fsp3) is 0.700. The molecule has 1 nitrogen and oxygen atoms in total. The maximum Gasteiger partial charge on any atom is 0.416 e. The topological polar surface area (TPSA) is 3.24 Å². The van der Waals surface area contributed by atoms with Crippen LogP contribution in [0.2, 0.25) is 0 Å². The molecule has 0 atom stereocenters. The molecule has 1 aromatic carbocycles. The Hall–Kier alpha value is -1.03. The fourth-order valence-electron chi connectivity index (χ4n) is 3.56. The molecule has 136 valence electrons. The monoisotopic (exact) mass is 341 g/mol. The molecule has 0 bridgehead atoms. The zero-order valence-electron chi connectivity index (χ0n) is 14.7. The third kappa shape index (κ3) is 6.46. The van der Waals surface area contributed by atoms with E-state index in [4.69, 9.17) is 0 Å². The number of nitrogens with zero attached hydrogens (tertiary/aromatic N) is 1. The first kappa shape index (κ1) is 19.3. The number of hydrogen-bond acceptors (Lipinski definition) is 1. The summed E-state index contributed by atoms with van der Waals surface area (Å²) >= 11 is 0. The van der Waals surface area contributed by atoms with Crippen LogP contribution in [0.25, 0.3) is 0 Å². The first-order valence-electron chi connectivity index (χ1n) is 9.37. The molecular weight excluding hydrogens is 311 g/mol. The van der Waals surface area contributed by atoms with Gasteiger partial charge >= 0.3 is 6.18 Å². The molecule has 0 saturated carbocycles. The molecule has 1 heterocycles. The summed E-state index contributed by atoms with van der Waals surface area (Å²) in [5.41, 5.74) is 0.298. The lowest BCUT2D eigenvalue weighted by Crippen LogP contribution is -2.35. The molecule has 1 aliphatic rings. The first-order valence-corrected chi connectivity index (χ1v) is 9.37. The van der Waals surface area contributed by atoms with Crippen LogP contribution >= 0.6 is 0 Å². The minimum atomic E-state index is -4.24. The standard InChI is InChI=1S/C20H30F3N/c1-2-3-4-5-6-12-24-13-10-17(11-14-24)15-18-8-7-9-19(16-18)20(21,22)23/h7-9,16-17H,2-6,10-15H2,1H3. The van der Waals surface area contributed by atoms with Gasteiger partial charge in [-0.3, -0.25) is 0 Å². The number of rotatable bonds is 8. The first-order chi connectivity index (χ1) is 11.5. The highest BCUT2D eigenvalue weighted by atomic mass is 19.4. The lowest BCUT2D eigenvalue weighted by molar-refractivity contribution is -0.137. The maximum absolute atomic E-state index is 12.8. The van der Waals surface area contributed by atoms with E-state index in [1.54, 1.807) is 0 Å². The van der Waals surface area contributed by atoms with Gasteiger partial charge in [-0.1, -0.05) is 50.8 Å². The van der Waals surface area contributed by atoms with Gasteiger partial charge in [0.2, 0.25) is 0 Å². The Morgan fingerprint density at radius 1 is 1.04 bits per heavy atom. The second kappa shape index (κ2) is 9.45. The molecule has 0 aromatic heterocycles. The summed E-state index contributed by atoms with van der Waals surface area (Å²) in [4.78, 5) is 2.52. The Labute approximate surface area is 144 Å². The lowest BCUT2D eigenvalue weighted by atomic mass is 9.89. The van der Waals surface area contributed by atoms with Gasteiger partial charge in [0.1, 0.15) is 0 Å². The molecule has 24 heavy (non-hydrogen) atoms. The highest BCUT2D eigenvalue weighted by Crippen LogP contribution is 2.31. The summed E-state index contributed by atoms with van der Waals surface area (Å²) in [6, 6.07) is 5.84. The van der Waals surface area contributed by atoms with Gasteiger partial charge in [0.15, 0.2) is 0 Å². The van der Waals surface area contributed by atoms with Crippen LogP contribution in [-0.2, 0) is 12.6 Å². The van der Waals surface area contributed by atoms with Gasteiger partial charge in [-0.05, 0) is 62.9 Å². The predicted molar refractivity (Wildman–Crippen MR) is 93.1 cm³/mol. The molecule has 0 N–H and O–H groups in total. The van der Waals surface area contributed by atoms with Crippen LogP contribution in [0.5, 0.6) is 0 Å². The number of likely N-dealkylation sites (tertiary alicyclic amines) is 1. The number of unbranched alkanes of at least 4 members (excludes halogenated alkanes) is 4. The van der Waals surface area contributed by atoms with E-state index in [0.717, 1.165) is 44.0 Å². The Morgan fingerprint density at radius 2 is 1.75 bits per heavy atom. The average Bonchev–Trinajstić information content (AvgIpc) is 2.56. The van der Waals surface area contributed by atoms with E-state index < -0.39 is 11.7 Å². The van der Waals surface area contributed by atoms with E-state index >= 15 is 0 Å². The van der Waals surface area contributed by atoms with E-state index in [2.05, 4.69) is 11.8 Å². The highest BCUT2D eigenvalue weighted by Gasteiger charge is 2.30. The SMILES string of the molecule is CCCCCCCN1CCC(Cc2cccc(C(F)(F)F)c2)CC1. The Bertz CT molecular complexity index is 476. The van der Waals surface area contributed by atoms with Gasteiger partial charge in [0.25, 0.3) is 0 Å². The zero-order chi connectivity index (χ0) is 17.4. The van der Waals surface area contributed by atoms with Crippen molar-refractivity contribution >= 4 is 0 Å². The molecule has 2 rings (SSSR count). The largest absolute Gasteiger partial charge is 0.416 e. The second-order valence-electron chi connectivity index (χ2n) is 7.10. The quantitative estimate of drug-likeness (QED) is 0.530. The molecule has 1 aliphatic heterocycles. The maximum atomic E-state index is 12.8. The Kier molecular flexibility index (Phi) is 7.60. The third-order valence-electron chi connectivity index (χ3n) is 5.06. The number of halogens is 3. The van der Waals surface area contributed by atoms with Gasteiger partial charge < -0.3 is 4.90 Å². The molecule has 0 spiro atoms. The van der Waals surface area contributed by atoms with Crippen LogP contribution in [0, 0.1) is 5.92 Å². The minimum absolute atomic E-state index is 0.518. The lowest BCUT2D eigenvalue weighted by Gasteiger charge is -2.32. The summed E-state index contributed by atoms with van der Waals surface area (Å²) in [7, 11) is 0. The smallest absolute Gasteiger partial charge is 0.303 e. The van der Waals surface area contributed by atoms with Crippen molar-refractivity contribution in [3.63, 3.8) is 0 Å². The van der Waals surface area contributed by atoms with Crippen molar-refractivity contribution < 1.29 is 13.2 Å². The van der Waals surface area contributed by atoms with Crippen LogP contribution in [0.1, 0.15) is 63.0 Å². The molecule has 0 unspecified atom stereocenters. The van der Waals surface area contributed by atoms with Crippen molar-refractivity contribution in [1.29, 1.82) is 0 Å². The van der Waals surface area contributed by atoms with E-state index in [1.807, 2.05) is 6.07 Å².